The number of carbonyl (C=O) groups excluding carboxylic acids is 3. The molecule has 0 aromatic heterocycles. The number of nitrogens with two attached hydrogens (primary N) is 4. The number of nitrogens with zero attached hydrogens (tertiary/aromatic N) is 2. The van der Waals surface area contributed by atoms with Crippen molar-refractivity contribution >= 4 is 29.4 Å². The Kier molecular flexibility index (Phi) is 6.30. The topological polar surface area (TPSA) is 171 Å². The van der Waals surface area contributed by atoms with Crippen molar-refractivity contribution in [2.75, 3.05) is 10.0 Å². The second-order valence-corrected chi connectivity index (χ2v) is 4.64. The number of amides is 4. The molecule has 10 heteroatoms. The van der Waals surface area contributed by atoms with Gasteiger partial charge in [-0.2, -0.15) is 0 Å². The molecule has 8 N–H and O–H groups in total. The molecule has 0 saturated carbocycles. The zero-order valence-electron chi connectivity index (χ0n) is 12.7. The number of hydrogen-bond acceptors (Lipinski definition) is 6. The van der Waals surface area contributed by atoms with Crippen LogP contribution in [0.2, 0.25) is 0 Å². The van der Waals surface area contributed by atoms with Crippen molar-refractivity contribution < 1.29 is 19.1 Å². The van der Waals surface area contributed by atoms with Gasteiger partial charge in [0.15, 0.2) is 0 Å². The van der Waals surface area contributed by atoms with Gasteiger partial charge in [-0.15, -0.1) is 0 Å². The number of urea groups is 2. The van der Waals surface area contributed by atoms with E-state index in [4.69, 9.17) is 27.9 Å². The molecule has 1 rings (SSSR count). The lowest BCUT2D eigenvalue weighted by Gasteiger charge is -2.21. The molecule has 4 amide bonds. The van der Waals surface area contributed by atoms with Gasteiger partial charge in [-0.25, -0.2) is 31.3 Å². The second-order valence-electron chi connectivity index (χ2n) is 4.64. The molecule has 1 aromatic rings. The summed E-state index contributed by atoms with van der Waals surface area (Å²) in [5, 5.41) is 1.33. The average molecular weight is 324 g/mol. The van der Waals surface area contributed by atoms with Crippen molar-refractivity contribution in [3.05, 3.63) is 23.8 Å². The van der Waals surface area contributed by atoms with Crippen LogP contribution in [0.25, 0.3) is 0 Å². The zero-order chi connectivity index (χ0) is 17.6. The number of benzene rings is 1. The maximum atomic E-state index is 11.4. The molecule has 0 radical (unpaired) electrons. The summed E-state index contributed by atoms with van der Waals surface area (Å²) in [5.74, 6) is 10.7. The van der Waals surface area contributed by atoms with Crippen LogP contribution in [-0.2, 0) is 16.1 Å². The van der Waals surface area contributed by atoms with Crippen LogP contribution in [-0.4, -0.2) is 18.0 Å². The van der Waals surface area contributed by atoms with Gasteiger partial charge in [0.05, 0.1) is 11.4 Å². The molecule has 0 saturated heterocycles. The Bertz CT molecular complexity index is 606. The van der Waals surface area contributed by atoms with Gasteiger partial charge in [0.1, 0.15) is 6.61 Å². The normalized spacial score (nSPS) is 10.0. The fourth-order valence-electron chi connectivity index (χ4n) is 1.73. The summed E-state index contributed by atoms with van der Waals surface area (Å²) in [5.41, 5.74) is 11.0. The van der Waals surface area contributed by atoms with Crippen molar-refractivity contribution in [1.82, 2.24) is 0 Å². The molecule has 0 bridgehead atoms. The summed E-state index contributed by atoms with van der Waals surface area (Å²) in [6.45, 7) is 1.73. The van der Waals surface area contributed by atoms with Crippen LogP contribution < -0.4 is 33.2 Å². The fraction of sp³-hybridized carbons (Fsp3) is 0.308. The predicted molar refractivity (Wildman–Crippen MR) is 83.6 cm³/mol. The Morgan fingerprint density at radius 2 is 1.70 bits per heavy atom. The molecule has 0 heterocycles. The van der Waals surface area contributed by atoms with Gasteiger partial charge < -0.3 is 16.2 Å². The quantitative estimate of drug-likeness (QED) is 0.249. The van der Waals surface area contributed by atoms with Gasteiger partial charge in [-0.3, -0.25) is 4.79 Å². The van der Waals surface area contributed by atoms with E-state index in [-0.39, 0.29) is 30.4 Å². The Balaban J connectivity index is 3.11. The summed E-state index contributed by atoms with van der Waals surface area (Å²) in [7, 11) is 0. The first-order valence-corrected chi connectivity index (χ1v) is 6.75. The first-order chi connectivity index (χ1) is 10.8. The largest absolute Gasteiger partial charge is 0.461 e. The van der Waals surface area contributed by atoms with E-state index >= 15 is 0 Å². The molecule has 0 aliphatic heterocycles. The Morgan fingerprint density at radius 3 is 2.22 bits per heavy atom. The van der Waals surface area contributed by atoms with Crippen molar-refractivity contribution in [1.29, 1.82) is 0 Å². The number of hydrogen-bond donors (Lipinski definition) is 4. The first kappa shape index (κ1) is 18.2. The molecule has 0 atom stereocenters. The number of hydrazine groups is 2. The maximum Gasteiger partial charge on any atom is 0.333 e. The minimum Gasteiger partial charge on any atom is -0.461 e. The third-order valence-electron chi connectivity index (χ3n) is 2.92. The number of ether oxygens (including phenoxy) is 1. The molecule has 0 unspecified atom stereocenters. The highest BCUT2D eigenvalue weighted by Gasteiger charge is 2.17. The van der Waals surface area contributed by atoms with E-state index in [1.807, 2.05) is 6.92 Å². The van der Waals surface area contributed by atoms with Gasteiger partial charge in [0.25, 0.3) is 0 Å². The highest BCUT2D eigenvalue weighted by Crippen LogP contribution is 2.25. The molecule has 0 aliphatic rings. The number of anilines is 2. The summed E-state index contributed by atoms with van der Waals surface area (Å²) < 4.78 is 5.08. The second kappa shape index (κ2) is 7.96. The molecular formula is C13H20N6O4. The summed E-state index contributed by atoms with van der Waals surface area (Å²) in [6, 6.07) is 2.45. The molecule has 1 aromatic carbocycles. The molecule has 23 heavy (non-hydrogen) atoms. The third-order valence-corrected chi connectivity index (χ3v) is 2.92. The van der Waals surface area contributed by atoms with E-state index in [1.54, 1.807) is 0 Å². The molecule has 126 valence electrons. The van der Waals surface area contributed by atoms with Crippen molar-refractivity contribution in [2.24, 2.45) is 23.2 Å². The summed E-state index contributed by atoms with van der Waals surface area (Å²) >= 11 is 0. The van der Waals surface area contributed by atoms with Gasteiger partial charge in [-0.05, 0) is 18.6 Å². The van der Waals surface area contributed by atoms with E-state index in [2.05, 4.69) is 0 Å². The molecule has 0 fully saturated rings. The van der Waals surface area contributed by atoms with E-state index in [0.29, 0.717) is 22.0 Å². The Hall–Kier alpha value is -2.85. The van der Waals surface area contributed by atoms with Crippen molar-refractivity contribution in [3.8, 4) is 0 Å². The van der Waals surface area contributed by atoms with Crippen LogP contribution in [0.4, 0.5) is 21.0 Å². The van der Waals surface area contributed by atoms with Crippen LogP contribution in [0, 0.1) is 0 Å². The van der Waals surface area contributed by atoms with E-state index in [1.165, 1.54) is 18.2 Å². The van der Waals surface area contributed by atoms with Crippen LogP contribution in [0.15, 0.2) is 18.2 Å². The number of rotatable bonds is 6. The lowest BCUT2D eigenvalue weighted by molar-refractivity contribution is -0.144. The smallest absolute Gasteiger partial charge is 0.333 e. The van der Waals surface area contributed by atoms with Crippen LogP contribution >= 0.6 is 0 Å². The average Bonchev–Trinajstić information content (AvgIpc) is 2.51. The van der Waals surface area contributed by atoms with Gasteiger partial charge in [0.2, 0.25) is 0 Å². The lowest BCUT2D eigenvalue weighted by Crippen LogP contribution is -2.43. The summed E-state index contributed by atoms with van der Waals surface area (Å²) in [6.07, 6.45) is 0.920. The van der Waals surface area contributed by atoms with Gasteiger partial charge in [-0.1, -0.05) is 13.0 Å². The number of primary amides is 2. The van der Waals surface area contributed by atoms with E-state index in [9.17, 15) is 14.4 Å². The first-order valence-electron chi connectivity index (χ1n) is 6.75. The molecule has 0 spiro atoms. The molecular weight excluding hydrogens is 304 g/mol. The zero-order valence-corrected chi connectivity index (χ0v) is 12.7. The van der Waals surface area contributed by atoms with Crippen molar-refractivity contribution in [2.45, 2.75) is 26.4 Å². The monoisotopic (exact) mass is 324 g/mol. The third kappa shape index (κ3) is 4.83. The minimum absolute atomic E-state index is 0.115. The van der Waals surface area contributed by atoms with Crippen LogP contribution in [0.3, 0.4) is 0 Å². The maximum absolute atomic E-state index is 11.4. The molecule has 0 aliphatic carbocycles. The fourth-order valence-corrected chi connectivity index (χ4v) is 1.73. The summed E-state index contributed by atoms with van der Waals surface area (Å²) in [4.78, 5) is 33.8. The SMILES string of the molecule is CCCC(=O)OCc1ccc(N(N)C(N)=O)cc1N(N)C(N)=O. The van der Waals surface area contributed by atoms with Crippen molar-refractivity contribution in [3.63, 3.8) is 0 Å². The standard InChI is InChI=1S/C13H20N6O4/c1-2-3-11(20)23-7-8-4-5-9(18(16)12(14)21)6-10(8)19(17)13(15)22/h4-6H,2-3,7,16-17H2,1H3,(H2,14,21)(H2,15,22). The number of esters is 1. The van der Waals surface area contributed by atoms with E-state index < -0.39 is 12.1 Å². The van der Waals surface area contributed by atoms with Crippen LogP contribution in [0.5, 0.6) is 0 Å². The highest BCUT2D eigenvalue weighted by atomic mass is 16.5. The Morgan fingerprint density at radius 1 is 1.09 bits per heavy atom. The lowest BCUT2D eigenvalue weighted by atomic mass is 10.1. The Labute approximate surface area is 132 Å². The highest BCUT2D eigenvalue weighted by molar-refractivity contribution is 5.93. The van der Waals surface area contributed by atoms with E-state index in [0.717, 1.165) is 0 Å². The molecule has 10 nitrogen and oxygen atoms in total. The van der Waals surface area contributed by atoms with Gasteiger partial charge in [0, 0.05) is 12.0 Å². The predicted octanol–water partition coefficient (Wildman–Crippen LogP) is 0.0475. The number of carbonyl (C=O) groups is 3. The van der Waals surface area contributed by atoms with Gasteiger partial charge >= 0.3 is 18.0 Å². The van der Waals surface area contributed by atoms with Crippen LogP contribution in [0.1, 0.15) is 25.3 Å². The minimum atomic E-state index is -0.939.